The van der Waals surface area contributed by atoms with Crippen LogP contribution in [0.3, 0.4) is 0 Å². The molecule has 3 aliphatic rings. The van der Waals surface area contributed by atoms with Crippen LogP contribution in [-0.2, 0) is 0 Å². The minimum atomic E-state index is 0.637. The largest absolute Gasteiger partial charge is 0.346 e. The van der Waals surface area contributed by atoms with Gasteiger partial charge in [-0.1, -0.05) is 12.1 Å². The van der Waals surface area contributed by atoms with Crippen LogP contribution < -0.4 is 20.7 Å². The maximum Gasteiger partial charge on any atom is 0.181 e. The minimum absolute atomic E-state index is 0.637. The maximum atomic E-state index is 4.22. The van der Waals surface area contributed by atoms with Crippen molar-refractivity contribution in [2.75, 3.05) is 39.3 Å². The summed E-state index contributed by atoms with van der Waals surface area (Å²) in [6.07, 6.45) is 28.6. The predicted molar refractivity (Wildman–Crippen MR) is 208 cm³/mol. The SMILES string of the molecule is C1=CNSC=C1.C1CN1.C1CNCCN1.c1ccncc1.c1cnc2ncncc2n1.c1cnccn1.c1cnsc1.c1conn1.c1cscn1. The molecule has 272 valence electrons. The molecule has 0 spiro atoms. The van der Waals surface area contributed by atoms with E-state index < -0.39 is 0 Å². The van der Waals surface area contributed by atoms with Crippen molar-refractivity contribution in [2.45, 2.75) is 0 Å². The van der Waals surface area contributed by atoms with Crippen LogP contribution in [0.1, 0.15) is 0 Å². The zero-order valence-electron chi connectivity index (χ0n) is 28.2. The summed E-state index contributed by atoms with van der Waals surface area (Å²) >= 11 is 4.64. The van der Waals surface area contributed by atoms with Crippen LogP contribution >= 0.6 is 34.8 Å². The Labute approximate surface area is 315 Å². The number of hydrogen-bond donors (Lipinski definition) is 4. The standard InChI is InChI=1S/C6H4N4.C5H5N.C4H10N2.C4H4N2.C4H5NS.2C3H3NS.C2H2N2O.C2H5N/c1-2-9-6-5(8-1)3-7-4-10-6;1-2-4-6-5-3-1;2*1-2-6-4-3-5-1;1-2-4-6-5-3-1;1-2-5-3-4-1;1-2-4-5-3-1;1-2-5-4-3-1;1-2-3-1/h1-4H;1-5H;5-6H,1-4H2;1-4H;1-5H;2*1-3H;1-2H;3H,1-2H2. The van der Waals surface area contributed by atoms with Gasteiger partial charge in [-0.05, 0) is 53.2 Å². The van der Waals surface area contributed by atoms with E-state index in [0.29, 0.717) is 5.65 Å². The topological polar surface area (TPSA) is 213 Å². The van der Waals surface area contributed by atoms with Gasteiger partial charge in [0.15, 0.2) is 5.65 Å². The lowest BCUT2D eigenvalue weighted by Gasteiger charge is -2.11. The van der Waals surface area contributed by atoms with Gasteiger partial charge in [-0.15, -0.1) is 16.4 Å². The highest BCUT2D eigenvalue weighted by Gasteiger charge is 1.92. The smallest absolute Gasteiger partial charge is 0.181 e. The second kappa shape index (κ2) is 35.4. The lowest BCUT2D eigenvalue weighted by atomic mass is 10.4. The molecule has 16 nitrogen and oxygen atoms in total. The van der Waals surface area contributed by atoms with Crippen molar-refractivity contribution >= 4 is 46.0 Å². The van der Waals surface area contributed by atoms with E-state index in [1.807, 2.05) is 58.8 Å². The Morgan fingerprint density at radius 1 is 0.596 bits per heavy atom. The molecule has 2 fully saturated rings. The first-order chi connectivity index (χ1) is 26.0. The van der Waals surface area contributed by atoms with Crippen LogP contribution in [0.5, 0.6) is 0 Å². The molecule has 0 saturated carbocycles. The first-order valence-corrected chi connectivity index (χ1v) is 18.3. The van der Waals surface area contributed by atoms with E-state index >= 15 is 0 Å². The maximum absolute atomic E-state index is 4.22. The van der Waals surface area contributed by atoms with Gasteiger partial charge in [0.25, 0.3) is 0 Å². The Balaban J connectivity index is 0.000000206. The average Bonchev–Trinajstić information content (AvgIpc) is 3.70. The summed E-state index contributed by atoms with van der Waals surface area (Å²) in [5.41, 5.74) is 3.16. The Hall–Kier alpha value is -5.44. The molecule has 4 N–H and O–H groups in total. The molecule has 52 heavy (non-hydrogen) atoms. The molecule has 7 aromatic rings. The van der Waals surface area contributed by atoms with Crippen molar-refractivity contribution in [1.29, 1.82) is 0 Å². The number of nitrogens with zero attached hydrogens (tertiary/aromatic N) is 11. The first-order valence-electron chi connectivity index (χ1n) is 15.6. The summed E-state index contributed by atoms with van der Waals surface area (Å²) in [7, 11) is 0. The minimum Gasteiger partial charge on any atom is -0.346 e. The van der Waals surface area contributed by atoms with Crippen molar-refractivity contribution < 1.29 is 4.52 Å². The molecule has 10 rings (SSSR count). The summed E-state index contributed by atoms with van der Waals surface area (Å²) in [5.74, 6) is 0. The van der Waals surface area contributed by atoms with Crippen LogP contribution in [0.4, 0.5) is 0 Å². The van der Waals surface area contributed by atoms with Crippen molar-refractivity contribution in [2.24, 2.45) is 0 Å². The fourth-order valence-electron chi connectivity index (χ4n) is 2.64. The zero-order chi connectivity index (χ0) is 36.5. The fraction of sp³-hybridized carbons (Fsp3) is 0.182. The molecule has 0 bridgehead atoms. The number of fused-ring (bicyclic) bond motifs is 1. The summed E-state index contributed by atoms with van der Waals surface area (Å²) < 4.78 is 10.9. The summed E-state index contributed by atoms with van der Waals surface area (Å²) in [6.45, 7) is 7.06. The number of piperazine rings is 1. The molecule has 19 heteroatoms. The summed E-state index contributed by atoms with van der Waals surface area (Å²) in [4.78, 5) is 30.6. The van der Waals surface area contributed by atoms with Gasteiger partial charge in [0.1, 0.15) is 18.1 Å². The number of pyridine rings is 1. The zero-order valence-corrected chi connectivity index (χ0v) is 30.7. The van der Waals surface area contributed by atoms with E-state index in [4.69, 9.17) is 0 Å². The van der Waals surface area contributed by atoms with Crippen LogP contribution in [0.15, 0.2) is 156 Å². The number of thiazole rings is 1. The van der Waals surface area contributed by atoms with E-state index in [1.54, 1.807) is 97.0 Å². The van der Waals surface area contributed by atoms with Gasteiger partial charge >= 0.3 is 0 Å². The highest BCUT2D eigenvalue weighted by Crippen LogP contribution is 1.99. The monoisotopic (exact) mass is 759 g/mol. The highest BCUT2D eigenvalue weighted by atomic mass is 32.2. The van der Waals surface area contributed by atoms with Crippen molar-refractivity contribution in [3.05, 3.63) is 151 Å². The molecule has 0 unspecified atom stereocenters. The Morgan fingerprint density at radius 2 is 1.31 bits per heavy atom. The van der Waals surface area contributed by atoms with Gasteiger partial charge in [-0.25, -0.2) is 24.3 Å². The van der Waals surface area contributed by atoms with E-state index in [1.165, 1.54) is 43.4 Å². The van der Waals surface area contributed by atoms with Crippen LogP contribution in [0.2, 0.25) is 0 Å². The van der Waals surface area contributed by atoms with E-state index in [9.17, 15) is 0 Å². The van der Waals surface area contributed by atoms with E-state index in [0.717, 1.165) is 31.7 Å². The van der Waals surface area contributed by atoms with Gasteiger partial charge < -0.3 is 25.2 Å². The van der Waals surface area contributed by atoms with Gasteiger partial charge in [0, 0.05) is 123 Å². The van der Waals surface area contributed by atoms with E-state index in [2.05, 4.69) is 79.8 Å². The van der Waals surface area contributed by atoms with Crippen LogP contribution in [0.25, 0.3) is 11.2 Å². The molecule has 0 amide bonds. The number of hydrogen-bond acceptors (Lipinski definition) is 19. The van der Waals surface area contributed by atoms with Gasteiger partial charge in [0.2, 0.25) is 0 Å². The molecule has 7 aromatic heterocycles. The quantitative estimate of drug-likeness (QED) is 0.125. The molecule has 0 aromatic carbocycles. The average molecular weight is 760 g/mol. The second-order valence-corrected chi connectivity index (χ2v) is 11.0. The number of rotatable bonds is 0. The summed E-state index contributed by atoms with van der Waals surface area (Å²) in [6, 6.07) is 7.62. The normalized spacial score (nSPS) is 12.2. The summed E-state index contributed by atoms with van der Waals surface area (Å²) in [5, 5.41) is 21.7. The van der Waals surface area contributed by atoms with Crippen LogP contribution in [0, 0.1) is 0 Å². The van der Waals surface area contributed by atoms with Crippen LogP contribution in [-0.4, -0.2) is 93.9 Å². The lowest BCUT2D eigenvalue weighted by molar-refractivity contribution is 0.393. The van der Waals surface area contributed by atoms with Gasteiger partial charge in [-0.3, -0.25) is 19.9 Å². The molecule has 3 aliphatic heterocycles. The molecule has 0 atom stereocenters. The van der Waals surface area contributed by atoms with Gasteiger partial charge in [0.05, 0.1) is 17.9 Å². The number of nitrogens with one attached hydrogen (secondary N) is 4. The molecular weight excluding hydrogens is 719 g/mol. The first kappa shape index (κ1) is 42.7. The highest BCUT2D eigenvalue weighted by molar-refractivity contribution is 8.00. The van der Waals surface area contributed by atoms with Crippen molar-refractivity contribution in [3.63, 3.8) is 0 Å². The Morgan fingerprint density at radius 3 is 1.62 bits per heavy atom. The molecule has 0 radical (unpaired) electrons. The lowest BCUT2D eigenvalue weighted by Crippen LogP contribution is -2.39. The third kappa shape index (κ3) is 30.6. The molecule has 10 heterocycles. The van der Waals surface area contributed by atoms with Crippen molar-refractivity contribution in [1.82, 2.24) is 75.3 Å². The number of aromatic nitrogens is 11. The van der Waals surface area contributed by atoms with Crippen molar-refractivity contribution in [3.8, 4) is 0 Å². The van der Waals surface area contributed by atoms with Gasteiger partial charge in [-0.2, -0.15) is 0 Å². The fourth-order valence-corrected chi connectivity index (χ4v) is 3.75. The Bertz CT molecular complexity index is 1390. The Kier molecular flexibility index (Phi) is 29.1. The third-order valence-electron chi connectivity index (χ3n) is 4.87. The second-order valence-electron chi connectivity index (χ2n) is 8.83. The number of allylic oxidation sites excluding steroid dienone is 2. The van der Waals surface area contributed by atoms with E-state index in [-0.39, 0.29) is 0 Å². The predicted octanol–water partition coefficient (Wildman–Crippen LogP) is 4.37. The molecule has 0 aliphatic carbocycles. The molecule has 2 saturated heterocycles. The molecular formula is C33H41N15OS3. The third-order valence-corrected chi connectivity index (χ3v) is 6.48.